The summed E-state index contributed by atoms with van der Waals surface area (Å²) in [6, 6.07) is 7.86. The molecular weight excluding hydrogens is 268 g/mol. The molecular formula is C15H18N4O2. The zero-order valence-electron chi connectivity index (χ0n) is 11.9. The highest BCUT2D eigenvalue weighted by atomic mass is 16.5. The fourth-order valence-electron chi connectivity index (χ4n) is 2.75. The second kappa shape index (κ2) is 5.47. The number of nitrogens with two attached hydrogens (primary N) is 1. The maximum absolute atomic E-state index is 11.3. The van der Waals surface area contributed by atoms with Crippen molar-refractivity contribution in [3.8, 4) is 0 Å². The minimum absolute atomic E-state index is 0.106. The van der Waals surface area contributed by atoms with Crippen LogP contribution in [-0.4, -0.2) is 37.3 Å². The Hall–Kier alpha value is -2.50. The van der Waals surface area contributed by atoms with E-state index in [1.807, 2.05) is 24.3 Å². The molecule has 0 aliphatic carbocycles. The van der Waals surface area contributed by atoms with Gasteiger partial charge in [0, 0.05) is 36.0 Å². The molecule has 1 aromatic heterocycles. The van der Waals surface area contributed by atoms with Crippen molar-refractivity contribution in [2.75, 3.05) is 30.8 Å². The monoisotopic (exact) mass is 286 g/mol. The molecule has 0 saturated carbocycles. The van der Waals surface area contributed by atoms with Crippen LogP contribution < -0.4 is 16.0 Å². The van der Waals surface area contributed by atoms with E-state index >= 15 is 0 Å². The highest BCUT2D eigenvalue weighted by molar-refractivity contribution is 5.93. The molecule has 0 radical (unpaired) electrons. The summed E-state index contributed by atoms with van der Waals surface area (Å²) in [4.78, 5) is 17.9. The number of carbonyl (C=O) groups excluding carboxylic acids is 1. The molecule has 110 valence electrons. The molecule has 0 spiro atoms. The molecule has 1 unspecified atom stereocenters. The smallest absolute Gasteiger partial charge is 0.407 e. The van der Waals surface area contributed by atoms with Crippen LogP contribution in [0.5, 0.6) is 0 Å². The van der Waals surface area contributed by atoms with Gasteiger partial charge in [-0.2, -0.15) is 0 Å². The average Bonchev–Trinajstić information content (AvgIpc) is 2.94. The summed E-state index contributed by atoms with van der Waals surface area (Å²) in [7, 11) is 1.38. The van der Waals surface area contributed by atoms with Crippen LogP contribution in [0.2, 0.25) is 0 Å². The van der Waals surface area contributed by atoms with Gasteiger partial charge in [-0.15, -0.1) is 0 Å². The molecule has 2 heterocycles. The first-order valence-electron chi connectivity index (χ1n) is 6.91. The molecule has 21 heavy (non-hydrogen) atoms. The topological polar surface area (TPSA) is 80.5 Å². The van der Waals surface area contributed by atoms with Crippen LogP contribution in [0.1, 0.15) is 6.42 Å². The Labute approximate surface area is 122 Å². The van der Waals surface area contributed by atoms with Crippen LogP contribution >= 0.6 is 0 Å². The Morgan fingerprint density at radius 1 is 1.48 bits per heavy atom. The third kappa shape index (κ3) is 2.69. The minimum Gasteiger partial charge on any atom is -0.453 e. The number of methoxy groups -OCH3 is 1. The summed E-state index contributed by atoms with van der Waals surface area (Å²) >= 11 is 0. The van der Waals surface area contributed by atoms with E-state index in [1.165, 1.54) is 7.11 Å². The van der Waals surface area contributed by atoms with Crippen LogP contribution in [0, 0.1) is 0 Å². The quantitative estimate of drug-likeness (QED) is 0.822. The largest absolute Gasteiger partial charge is 0.453 e. The van der Waals surface area contributed by atoms with Gasteiger partial charge in [-0.1, -0.05) is 0 Å². The van der Waals surface area contributed by atoms with Crippen molar-refractivity contribution >= 4 is 28.4 Å². The maximum atomic E-state index is 11.3. The fourth-order valence-corrected chi connectivity index (χ4v) is 2.75. The number of nitrogens with one attached hydrogen (secondary N) is 1. The number of fused-ring (bicyclic) bond motifs is 1. The third-order valence-electron chi connectivity index (χ3n) is 3.78. The van der Waals surface area contributed by atoms with Crippen molar-refractivity contribution in [1.82, 2.24) is 10.3 Å². The maximum Gasteiger partial charge on any atom is 0.407 e. The SMILES string of the molecule is COC(=O)NC1CCN(c2ccnc3cc(N)ccc23)C1. The number of rotatable bonds is 2. The predicted octanol–water partition coefficient (Wildman–Crippen LogP) is 1.75. The first-order valence-corrected chi connectivity index (χ1v) is 6.91. The summed E-state index contributed by atoms with van der Waals surface area (Å²) in [5.74, 6) is 0. The predicted molar refractivity (Wildman–Crippen MR) is 82.3 cm³/mol. The molecule has 6 nitrogen and oxygen atoms in total. The van der Waals surface area contributed by atoms with E-state index in [0.717, 1.165) is 36.1 Å². The number of benzene rings is 1. The van der Waals surface area contributed by atoms with Gasteiger partial charge in [0.05, 0.1) is 18.7 Å². The van der Waals surface area contributed by atoms with Crippen molar-refractivity contribution in [2.24, 2.45) is 0 Å². The molecule has 6 heteroatoms. The first kappa shape index (κ1) is 13.5. The van der Waals surface area contributed by atoms with Gasteiger partial charge in [0.15, 0.2) is 0 Å². The third-order valence-corrected chi connectivity index (χ3v) is 3.78. The second-order valence-corrected chi connectivity index (χ2v) is 5.17. The van der Waals surface area contributed by atoms with E-state index in [0.29, 0.717) is 5.69 Å². The molecule has 1 saturated heterocycles. The molecule has 3 rings (SSSR count). The van der Waals surface area contributed by atoms with Gasteiger partial charge >= 0.3 is 6.09 Å². The molecule has 0 bridgehead atoms. The number of carbonyl (C=O) groups is 1. The minimum atomic E-state index is -0.380. The van der Waals surface area contributed by atoms with E-state index < -0.39 is 0 Å². The summed E-state index contributed by atoms with van der Waals surface area (Å²) in [5.41, 5.74) is 8.52. The summed E-state index contributed by atoms with van der Waals surface area (Å²) in [6.45, 7) is 1.65. The van der Waals surface area contributed by atoms with Gasteiger partial charge < -0.3 is 20.7 Å². The fraction of sp³-hybridized carbons (Fsp3) is 0.333. The number of hydrogen-bond acceptors (Lipinski definition) is 5. The van der Waals surface area contributed by atoms with E-state index in [4.69, 9.17) is 5.73 Å². The second-order valence-electron chi connectivity index (χ2n) is 5.17. The Kier molecular flexibility index (Phi) is 3.51. The highest BCUT2D eigenvalue weighted by Crippen LogP contribution is 2.29. The lowest BCUT2D eigenvalue weighted by atomic mass is 10.1. The van der Waals surface area contributed by atoms with Gasteiger partial charge in [-0.25, -0.2) is 4.79 Å². The molecule has 2 aromatic rings. The number of ether oxygens (including phenoxy) is 1. The lowest BCUT2D eigenvalue weighted by molar-refractivity contribution is 0.167. The lowest BCUT2D eigenvalue weighted by Crippen LogP contribution is -2.37. The van der Waals surface area contributed by atoms with E-state index in [9.17, 15) is 4.79 Å². The van der Waals surface area contributed by atoms with Gasteiger partial charge in [-0.3, -0.25) is 4.98 Å². The Bertz CT molecular complexity index is 674. The molecule has 1 aliphatic heterocycles. The number of nitrogens with zero attached hydrogens (tertiary/aromatic N) is 2. The number of pyridine rings is 1. The van der Waals surface area contributed by atoms with E-state index in [-0.39, 0.29) is 12.1 Å². The zero-order chi connectivity index (χ0) is 14.8. The van der Waals surface area contributed by atoms with Crippen molar-refractivity contribution < 1.29 is 9.53 Å². The molecule has 1 amide bonds. The summed E-state index contributed by atoms with van der Waals surface area (Å²) < 4.78 is 4.64. The number of hydrogen-bond donors (Lipinski definition) is 2. The molecule has 1 fully saturated rings. The van der Waals surface area contributed by atoms with Gasteiger partial charge in [0.25, 0.3) is 0 Å². The number of amides is 1. The number of anilines is 2. The van der Waals surface area contributed by atoms with Gasteiger partial charge in [-0.05, 0) is 30.7 Å². The Morgan fingerprint density at radius 2 is 2.33 bits per heavy atom. The first-order chi connectivity index (χ1) is 10.2. The zero-order valence-corrected chi connectivity index (χ0v) is 11.9. The lowest BCUT2D eigenvalue weighted by Gasteiger charge is -2.20. The van der Waals surface area contributed by atoms with Gasteiger partial charge in [0.1, 0.15) is 0 Å². The molecule has 1 aliphatic rings. The summed E-state index contributed by atoms with van der Waals surface area (Å²) in [5, 5.41) is 3.92. The highest BCUT2D eigenvalue weighted by Gasteiger charge is 2.25. The Morgan fingerprint density at radius 3 is 3.14 bits per heavy atom. The average molecular weight is 286 g/mol. The normalized spacial score (nSPS) is 18.0. The number of nitrogen functional groups attached to an aromatic ring is 1. The van der Waals surface area contributed by atoms with Crippen LogP contribution in [0.25, 0.3) is 10.9 Å². The van der Waals surface area contributed by atoms with Crippen molar-refractivity contribution in [3.05, 3.63) is 30.5 Å². The van der Waals surface area contributed by atoms with Crippen LogP contribution in [-0.2, 0) is 4.74 Å². The Balaban J connectivity index is 1.83. The van der Waals surface area contributed by atoms with Crippen molar-refractivity contribution in [3.63, 3.8) is 0 Å². The summed E-state index contributed by atoms with van der Waals surface area (Å²) in [6.07, 6.45) is 2.31. The molecule has 1 atom stereocenters. The van der Waals surface area contributed by atoms with Crippen LogP contribution in [0.3, 0.4) is 0 Å². The standard InChI is InChI=1S/C15H18N4O2/c1-21-15(20)18-11-5-7-19(9-11)14-4-6-17-13-8-10(16)2-3-12(13)14/h2-4,6,8,11H,5,7,9,16H2,1H3,(H,18,20). The number of alkyl carbamates (subject to hydrolysis) is 1. The molecule has 3 N–H and O–H groups in total. The van der Waals surface area contributed by atoms with E-state index in [1.54, 1.807) is 6.20 Å². The number of aromatic nitrogens is 1. The van der Waals surface area contributed by atoms with Gasteiger partial charge in [0.2, 0.25) is 0 Å². The molecule has 1 aromatic carbocycles. The van der Waals surface area contributed by atoms with Crippen molar-refractivity contribution in [1.29, 1.82) is 0 Å². The van der Waals surface area contributed by atoms with Crippen LogP contribution in [0.15, 0.2) is 30.5 Å². The van der Waals surface area contributed by atoms with E-state index in [2.05, 4.69) is 19.9 Å². The van der Waals surface area contributed by atoms with Crippen molar-refractivity contribution in [2.45, 2.75) is 12.5 Å². The van der Waals surface area contributed by atoms with Crippen LogP contribution in [0.4, 0.5) is 16.2 Å².